The van der Waals surface area contributed by atoms with Gasteiger partial charge in [-0.2, -0.15) is 18.3 Å². The molecule has 0 aliphatic heterocycles. The largest absolute Gasteiger partial charge is 0.417 e. The minimum Gasteiger partial charge on any atom is -0.382 e. The van der Waals surface area contributed by atoms with Crippen molar-refractivity contribution < 1.29 is 13.2 Å². The molecule has 90 valence electrons. The molecule has 4 nitrogen and oxygen atoms in total. The van der Waals surface area contributed by atoms with Gasteiger partial charge in [-0.3, -0.25) is 9.67 Å². The number of pyridine rings is 1. The Bertz CT molecular complexity index is 527. The average molecular weight is 242 g/mol. The van der Waals surface area contributed by atoms with E-state index in [1.807, 2.05) is 0 Å². The molecule has 0 aliphatic carbocycles. The van der Waals surface area contributed by atoms with Gasteiger partial charge in [0.1, 0.15) is 5.82 Å². The molecule has 0 aliphatic rings. The number of aryl methyl sites for hydroxylation is 1. The molecule has 0 atom stereocenters. The summed E-state index contributed by atoms with van der Waals surface area (Å²) < 4.78 is 38.4. The van der Waals surface area contributed by atoms with E-state index >= 15 is 0 Å². The molecule has 0 radical (unpaired) electrons. The highest BCUT2D eigenvalue weighted by Gasteiger charge is 2.30. The van der Waals surface area contributed by atoms with Gasteiger partial charge in [-0.25, -0.2) is 0 Å². The first-order chi connectivity index (χ1) is 7.88. The molecule has 2 N–H and O–H groups in total. The third-order valence-corrected chi connectivity index (χ3v) is 2.25. The number of anilines is 1. The zero-order chi connectivity index (χ0) is 12.6. The van der Waals surface area contributed by atoms with E-state index in [1.165, 1.54) is 10.7 Å². The van der Waals surface area contributed by atoms with Crippen LogP contribution in [0.2, 0.25) is 0 Å². The van der Waals surface area contributed by atoms with Crippen LogP contribution in [0.15, 0.2) is 24.4 Å². The number of nitrogens with two attached hydrogens (primary N) is 1. The third kappa shape index (κ3) is 2.22. The van der Waals surface area contributed by atoms with Crippen LogP contribution in [-0.2, 0) is 13.2 Å². The number of aromatic nitrogens is 3. The smallest absolute Gasteiger partial charge is 0.382 e. The first kappa shape index (κ1) is 11.4. The lowest BCUT2D eigenvalue weighted by Crippen LogP contribution is -2.05. The molecular weight excluding hydrogens is 233 g/mol. The van der Waals surface area contributed by atoms with Gasteiger partial charge in [-0.15, -0.1) is 0 Å². The summed E-state index contributed by atoms with van der Waals surface area (Å²) in [4.78, 5) is 3.75. The zero-order valence-electron chi connectivity index (χ0n) is 8.86. The number of hydrogen-bond acceptors (Lipinski definition) is 3. The van der Waals surface area contributed by atoms with E-state index in [9.17, 15) is 13.2 Å². The van der Waals surface area contributed by atoms with E-state index in [-0.39, 0.29) is 0 Å². The van der Waals surface area contributed by atoms with Gasteiger partial charge in [-0.05, 0) is 12.1 Å². The fourth-order valence-corrected chi connectivity index (χ4v) is 1.44. The Morgan fingerprint density at radius 3 is 2.41 bits per heavy atom. The lowest BCUT2D eigenvalue weighted by atomic mass is 10.2. The second-order valence-electron chi connectivity index (χ2n) is 3.51. The quantitative estimate of drug-likeness (QED) is 0.832. The van der Waals surface area contributed by atoms with Gasteiger partial charge in [0.2, 0.25) is 0 Å². The summed E-state index contributed by atoms with van der Waals surface area (Å²) in [6.45, 7) is 0. The molecule has 0 aromatic carbocycles. The number of halogens is 3. The van der Waals surface area contributed by atoms with Crippen molar-refractivity contribution in [1.29, 1.82) is 0 Å². The predicted molar refractivity (Wildman–Crippen MR) is 55.9 cm³/mol. The highest BCUT2D eigenvalue weighted by Crippen LogP contribution is 2.29. The normalized spacial score (nSPS) is 11.8. The van der Waals surface area contributed by atoms with Gasteiger partial charge in [0.05, 0.1) is 17.0 Å². The minimum absolute atomic E-state index is 0.296. The molecule has 2 aromatic rings. The summed E-state index contributed by atoms with van der Waals surface area (Å²) in [5.41, 5.74) is 5.65. The van der Waals surface area contributed by atoms with Crippen LogP contribution >= 0.6 is 0 Å². The third-order valence-electron chi connectivity index (χ3n) is 2.25. The summed E-state index contributed by atoms with van der Waals surface area (Å²) in [6, 6.07) is 3.82. The van der Waals surface area contributed by atoms with Gasteiger partial charge < -0.3 is 5.73 Å². The highest BCUT2D eigenvalue weighted by atomic mass is 19.4. The molecule has 0 spiro atoms. The molecule has 0 saturated carbocycles. The molecule has 2 rings (SSSR count). The van der Waals surface area contributed by atoms with E-state index in [0.717, 1.165) is 12.3 Å². The summed E-state index contributed by atoms with van der Waals surface area (Å²) >= 11 is 0. The van der Waals surface area contributed by atoms with E-state index in [4.69, 9.17) is 5.73 Å². The van der Waals surface area contributed by atoms with Crippen molar-refractivity contribution >= 4 is 5.82 Å². The topological polar surface area (TPSA) is 56.7 Å². The second kappa shape index (κ2) is 3.76. The molecule has 0 amide bonds. The fraction of sp³-hybridized carbons (Fsp3) is 0.200. The number of alkyl halides is 3. The number of hydrogen-bond donors (Lipinski definition) is 1. The number of nitrogens with zero attached hydrogens (tertiary/aromatic N) is 3. The van der Waals surface area contributed by atoms with Gasteiger partial charge in [0, 0.05) is 19.3 Å². The van der Waals surface area contributed by atoms with Crippen molar-refractivity contribution in [2.75, 3.05) is 5.73 Å². The Balaban J connectivity index is 2.39. The molecule has 0 fully saturated rings. The Kier molecular flexibility index (Phi) is 2.53. The monoisotopic (exact) mass is 242 g/mol. The van der Waals surface area contributed by atoms with Crippen LogP contribution in [0.3, 0.4) is 0 Å². The minimum atomic E-state index is -4.38. The van der Waals surface area contributed by atoms with E-state index in [0.29, 0.717) is 17.2 Å². The summed E-state index contributed by atoms with van der Waals surface area (Å²) in [6.07, 6.45) is -3.59. The zero-order valence-corrected chi connectivity index (χ0v) is 8.86. The van der Waals surface area contributed by atoms with Crippen LogP contribution in [-0.4, -0.2) is 14.8 Å². The summed E-state index contributed by atoms with van der Waals surface area (Å²) in [5, 5.41) is 3.89. The van der Waals surface area contributed by atoms with Gasteiger partial charge in [0.15, 0.2) is 0 Å². The predicted octanol–water partition coefficient (Wildman–Crippen LogP) is 2.08. The first-order valence-corrected chi connectivity index (χ1v) is 4.71. The van der Waals surface area contributed by atoms with Crippen molar-refractivity contribution in [3.05, 3.63) is 30.0 Å². The molecule has 2 aromatic heterocycles. The molecule has 17 heavy (non-hydrogen) atoms. The Hall–Kier alpha value is -2.05. The van der Waals surface area contributed by atoms with E-state index in [1.54, 1.807) is 13.1 Å². The molecule has 2 heterocycles. The van der Waals surface area contributed by atoms with Crippen LogP contribution in [0.5, 0.6) is 0 Å². The van der Waals surface area contributed by atoms with Gasteiger partial charge in [0.25, 0.3) is 0 Å². The van der Waals surface area contributed by atoms with Gasteiger partial charge in [-0.1, -0.05) is 0 Å². The maximum atomic E-state index is 12.3. The number of rotatable bonds is 1. The fourth-order valence-electron chi connectivity index (χ4n) is 1.44. The first-order valence-electron chi connectivity index (χ1n) is 4.71. The molecule has 0 saturated heterocycles. The van der Waals surface area contributed by atoms with Crippen LogP contribution in [0, 0.1) is 0 Å². The molecule has 0 bridgehead atoms. The van der Waals surface area contributed by atoms with Crippen molar-refractivity contribution in [2.45, 2.75) is 6.18 Å². The Morgan fingerprint density at radius 1 is 1.29 bits per heavy atom. The van der Waals surface area contributed by atoms with Crippen LogP contribution in [0.1, 0.15) is 5.56 Å². The van der Waals surface area contributed by atoms with Crippen LogP contribution in [0.25, 0.3) is 11.4 Å². The van der Waals surface area contributed by atoms with Crippen molar-refractivity contribution in [3.63, 3.8) is 0 Å². The molecule has 0 unspecified atom stereocenters. The Labute approximate surface area is 94.9 Å². The second-order valence-corrected chi connectivity index (χ2v) is 3.51. The highest BCUT2D eigenvalue weighted by molar-refractivity contribution is 5.58. The maximum Gasteiger partial charge on any atom is 0.417 e. The SMILES string of the molecule is Cn1nc(N)cc1-c1ccc(C(F)(F)F)cn1. The maximum absolute atomic E-state index is 12.3. The molecule has 7 heteroatoms. The average Bonchev–Trinajstić information content (AvgIpc) is 2.57. The van der Waals surface area contributed by atoms with E-state index < -0.39 is 11.7 Å². The summed E-state index contributed by atoms with van der Waals surface area (Å²) in [5.74, 6) is 0.296. The van der Waals surface area contributed by atoms with E-state index in [2.05, 4.69) is 10.1 Å². The lowest BCUT2D eigenvalue weighted by molar-refractivity contribution is -0.137. The standard InChI is InChI=1S/C10H9F3N4/c1-17-8(4-9(14)16-17)7-3-2-6(5-15-7)10(11,12)13/h2-5H,1H3,(H2,14,16). The van der Waals surface area contributed by atoms with Crippen molar-refractivity contribution in [1.82, 2.24) is 14.8 Å². The summed E-state index contributed by atoms with van der Waals surface area (Å²) in [7, 11) is 1.64. The van der Waals surface area contributed by atoms with Crippen molar-refractivity contribution in [2.24, 2.45) is 7.05 Å². The van der Waals surface area contributed by atoms with Gasteiger partial charge >= 0.3 is 6.18 Å². The number of nitrogen functional groups attached to an aromatic ring is 1. The Morgan fingerprint density at radius 2 is 2.00 bits per heavy atom. The van der Waals surface area contributed by atoms with Crippen LogP contribution < -0.4 is 5.73 Å². The lowest BCUT2D eigenvalue weighted by Gasteiger charge is -2.06. The van der Waals surface area contributed by atoms with Crippen LogP contribution in [0.4, 0.5) is 19.0 Å². The van der Waals surface area contributed by atoms with Crippen molar-refractivity contribution in [3.8, 4) is 11.4 Å². The molecular formula is C10H9F3N4.